The zero-order chi connectivity index (χ0) is 8.95. The largest absolute Gasteiger partial charge is 0.331 e. The van der Waals surface area contributed by atoms with E-state index in [0.29, 0.717) is 0 Å². The topological polar surface area (TPSA) is 52.0 Å². The zero-order valence-corrected chi connectivity index (χ0v) is 7.59. The van der Waals surface area contributed by atoms with Gasteiger partial charge in [0, 0.05) is 0 Å². The zero-order valence-electron chi connectivity index (χ0n) is 7.59. The molecule has 0 saturated heterocycles. The maximum Gasteiger partial charge on any atom is -0.0106 e. The molecular formula is C9H20N2. The van der Waals surface area contributed by atoms with E-state index in [1.54, 1.807) is 0 Å². The van der Waals surface area contributed by atoms with Crippen molar-refractivity contribution in [2.45, 2.75) is 20.3 Å². The Hall–Kier alpha value is -0.600. The fourth-order valence-corrected chi connectivity index (χ4v) is 0.393. The molecule has 0 fully saturated rings. The first-order valence-corrected chi connectivity index (χ1v) is 4.05. The molecule has 11 heavy (non-hydrogen) atoms. The van der Waals surface area contributed by atoms with Crippen LogP contribution in [0.1, 0.15) is 20.3 Å². The second-order valence-corrected chi connectivity index (χ2v) is 1.91. The molecule has 2 nitrogen and oxygen atoms in total. The summed E-state index contributed by atoms with van der Waals surface area (Å²) in [4.78, 5) is 0. The van der Waals surface area contributed by atoms with Crippen molar-refractivity contribution in [2.75, 3.05) is 13.1 Å². The molecule has 0 unspecified atom stereocenters. The van der Waals surface area contributed by atoms with Gasteiger partial charge in [0.25, 0.3) is 0 Å². The molecule has 2 heteroatoms. The van der Waals surface area contributed by atoms with Gasteiger partial charge in [-0.3, -0.25) is 0 Å². The van der Waals surface area contributed by atoms with E-state index in [1.165, 1.54) is 0 Å². The lowest BCUT2D eigenvalue weighted by Gasteiger charge is -1.57. The summed E-state index contributed by atoms with van der Waals surface area (Å²) in [6.07, 6.45) is 9.50. The van der Waals surface area contributed by atoms with Gasteiger partial charge < -0.3 is 11.5 Å². The Bertz CT molecular complexity index is 83.7. The van der Waals surface area contributed by atoms with E-state index in [-0.39, 0.29) is 0 Å². The van der Waals surface area contributed by atoms with E-state index in [4.69, 9.17) is 11.5 Å². The summed E-state index contributed by atoms with van der Waals surface area (Å²) in [7, 11) is 0. The molecule has 66 valence electrons. The highest BCUT2D eigenvalue weighted by atomic mass is 14.5. The molecule has 0 aromatic rings. The summed E-state index contributed by atoms with van der Waals surface area (Å²) in [6, 6.07) is 0. The van der Waals surface area contributed by atoms with Gasteiger partial charge in [0.2, 0.25) is 0 Å². The number of nitrogens with two attached hydrogens (primary N) is 2. The van der Waals surface area contributed by atoms with Gasteiger partial charge in [-0.2, -0.15) is 0 Å². The van der Waals surface area contributed by atoms with Crippen LogP contribution in [0.15, 0.2) is 24.3 Å². The van der Waals surface area contributed by atoms with E-state index in [9.17, 15) is 0 Å². The monoisotopic (exact) mass is 156 g/mol. The Morgan fingerprint density at radius 2 is 1.27 bits per heavy atom. The van der Waals surface area contributed by atoms with Gasteiger partial charge in [-0.05, 0) is 19.5 Å². The predicted octanol–water partition coefficient (Wildman–Crippen LogP) is 1.43. The lowest BCUT2D eigenvalue weighted by molar-refractivity contribution is 1.14. The standard InChI is InChI=1S/C5H6.2C2H7N/c1-2-4-5-3-1;2*1-2-3/h1-4H,5H2;2*2-3H2,1H3. The SMILES string of the molecule is C1=CCC=C1.CCN.CCN. The number of hydrogen-bond acceptors (Lipinski definition) is 2. The summed E-state index contributed by atoms with van der Waals surface area (Å²) in [5.41, 5.74) is 9.69. The van der Waals surface area contributed by atoms with E-state index in [0.717, 1.165) is 19.5 Å². The second kappa shape index (κ2) is 16.2. The van der Waals surface area contributed by atoms with Crippen molar-refractivity contribution in [1.82, 2.24) is 0 Å². The first kappa shape index (κ1) is 13.0. The van der Waals surface area contributed by atoms with Crippen molar-refractivity contribution in [2.24, 2.45) is 11.5 Å². The Morgan fingerprint density at radius 3 is 1.36 bits per heavy atom. The van der Waals surface area contributed by atoms with Crippen molar-refractivity contribution in [1.29, 1.82) is 0 Å². The van der Waals surface area contributed by atoms with Crippen molar-refractivity contribution < 1.29 is 0 Å². The molecule has 1 aliphatic carbocycles. The number of rotatable bonds is 0. The third kappa shape index (κ3) is 26.6. The Morgan fingerprint density at radius 1 is 1.00 bits per heavy atom. The van der Waals surface area contributed by atoms with Gasteiger partial charge in [0.15, 0.2) is 0 Å². The van der Waals surface area contributed by atoms with Crippen LogP contribution in [0.25, 0.3) is 0 Å². The quantitative estimate of drug-likeness (QED) is 0.557. The van der Waals surface area contributed by atoms with E-state index in [2.05, 4.69) is 24.3 Å². The predicted molar refractivity (Wildman–Crippen MR) is 52.4 cm³/mol. The summed E-state index contributed by atoms with van der Waals surface area (Å²) in [5, 5.41) is 0. The fourth-order valence-electron chi connectivity index (χ4n) is 0.393. The van der Waals surface area contributed by atoms with Crippen LogP contribution in [0.4, 0.5) is 0 Å². The molecule has 0 spiro atoms. The van der Waals surface area contributed by atoms with Crippen molar-refractivity contribution in [3.8, 4) is 0 Å². The van der Waals surface area contributed by atoms with Gasteiger partial charge >= 0.3 is 0 Å². The van der Waals surface area contributed by atoms with Gasteiger partial charge in [-0.1, -0.05) is 38.2 Å². The molecule has 0 aliphatic heterocycles. The smallest absolute Gasteiger partial charge is 0.0106 e. The third-order valence-electron chi connectivity index (χ3n) is 0.655. The molecule has 4 N–H and O–H groups in total. The summed E-state index contributed by atoms with van der Waals surface area (Å²) >= 11 is 0. The van der Waals surface area contributed by atoms with Crippen LogP contribution in [-0.4, -0.2) is 13.1 Å². The minimum Gasteiger partial charge on any atom is -0.331 e. The highest BCUT2D eigenvalue weighted by Gasteiger charge is 1.72. The molecule has 0 atom stereocenters. The maximum atomic E-state index is 4.85. The molecule has 0 amide bonds. The lowest BCUT2D eigenvalue weighted by atomic mass is 10.5. The van der Waals surface area contributed by atoms with Gasteiger partial charge in [0.05, 0.1) is 0 Å². The number of hydrogen-bond donors (Lipinski definition) is 2. The highest BCUT2D eigenvalue weighted by Crippen LogP contribution is 1.93. The minimum absolute atomic E-state index is 0.750. The molecule has 0 aromatic carbocycles. The summed E-state index contributed by atoms with van der Waals surface area (Å²) in [5.74, 6) is 0. The van der Waals surface area contributed by atoms with Crippen molar-refractivity contribution in [3.63, 3.8) is 0 Å². The van der Waals surface area contributed by atoms with Crippen molar-refractivity contribution >= 4 is 0 Å². The lowest BCUT2D eigenvalue weighted by Crippen LogP contribution is -1.87. The normalized spacial score (nSPS) is 11.3. The third-order valence-corrected chi connectivity index (χ3v) is 0.655. The van der Waals surface area contributed by atoms with Crippen LogP contribution in [0.2, 0.25) is 0 Å². The van der Waals surface area contributed by atoms with Gasteiger partial charge in [-0.25, -0.2) is 0 Å². The fraction of sp³-hybridized carbons (Fsp3) is 0.556. The molecule has 1 rings (SSSR count). The molecule has 0 heterocycles. The highest BCUT2D eigenvalue weighted by molar-refractivity contribution is 5.11. The average molecular weight is 156 g/mol. The molecule has 0 bridgehead atoms. The molecule has 0 saturated carbocycles. The molecule has 1 aliphatic rings. The van der Waals surface area contributed by atoms with Crippen LogP contribution >= 0.6 is 0 Å². The average Bonchev–Trinajstić information content (AvgIpc) is 2.44. The van der Waals surface area contributed by atoms with E-state index >= 15 is 0 Å². The van der Waals surface area contributed by atoms with Gasteiger partial charge in [0.1, 0.15) is 0 Å². The molecule has 0 radical (unpaired) electrons. The first-order valence-electron chi connectivity index (χ1n) is 4.05. The Labute approximate surface area is 70.0 Å². The van der Waals surface area contributed by atoms with Crippen LogP contribution in [0.5, 0.6) is 0 Å². The summed E-state index contributed by atoms with van der Waals surface area (Å²) in [6.45, 7) is 5.31. The van der Waals surface area contributed by atoms with Crippen LogP contribution in [0.3, 0.4) is 0 Å². The number of allylic oxidation sites excluding steroid dienone is 4. The van der Waals surface area contributed by atoms with E-state index in [1.807, 2.05) is 13.8 Å². The molecule has 0 aromatic heterocycles. The maximum absolute atomic E-state index is 4.85. The minimum atomic E-state index is 0.750. The Kier molecular flexibility index (Phi) is 19.2. The van der Waals surface area contributed by atoms with Crippen LogP contribution in [0, 0.1) is 0 Å². The van der Waals surface area contributed by atoms with Crippen LogP contribution in [-0.2, 0) is 0 Å². The van der Waals surface area contributed by atoms with Gasteiger partial charge in [-0.15, -0.1) is 0 Å². The molecular weight excluding hydrogens is 136 g/mol. The van der Waals surface area contributed by atoms with Crippen molar-refractivity contribution in [3.05, 3.63) is 24.3 Å². The van der Waals surface area contributed by atoms with E-state index < -0.39 is 0 Å². The Balaban J connectivity index is 0. The second-order valence-electron chi connectivity index (χ2n) is 1.91. The first-order chi connectivity index (χ1) is 5.33. The van der Waals surface area contributed by atoms with Crippen LogP contribution < -0.4 is 11.5 Å². The summed E-state index contributed by atoms with van der Waals surface area (Å²) < 4.78 is 0.